The van der Waals surface area contributed by atoms with Gasteiger partial charge >= 0.3 is 0 Å². The van der Waals surface area contributed by atoms with E-state index in [2.05, 4.69) is 207 Å². The molecule has 2 aliphatic rings. The van der Waals surface area contributed by atoms with E-state index >= 15 is 0 Å². The fourth-order valence-electron chi connectivity index (χ4n) is 9.87. The summed E-state index contributed by atoms with van der Waals surface area (Å²) in [5.74, 6) is 0.269. The predicted octanol–water partition coefficient (Wildman–Crippen LogP) is 15.0. The minimum absolute atomic E-state index is 0.00498. The second kappa shape index (κ2) is 13.3. The molecule has 0 nitrogen and oxygen atoms in total. The molecule has 0 aliphatic heterocycles. The van der Waals surface area contributed by atoms with Gasteiger partial charge in [-0.15, -0.1) is 0 Å². The minimum atomic E-state index is -0.0563. The largest absolute Gasteiger partial charge is 0.0622 e. The number of rotatable bonds is 7. The van der Waals surface area contributed by atoms with Crippen molar-refractivity contribution in [1.82, 2.24) is 0 Å². The van der Waals surface area contributed by atoms with Crippen LogP contribution in [0.15, 0.2) is 152 Å². The normalized spacial score (nSPS) is 15.1. The van der Waals surface area contributed by atoms with Crippen LogP contribution in [0.25, 0.3) is 44.5 Å². The summed E-state index contributed by atoms with van der Waals surface area (Å²) in [7, 11) is 0. The second-order valence-electron chi connectivity index (χ2n) is 18.6. The highest BCUT2D eigenvalue weighted by Crippen LogP contribution is 2.54. The highest BCUT2D eigenvalue weighted by atomic mass is 14.4. The van der Waals surface area contributed by atoms with E-state index in [1.807, 2.05) is 0 Å². The molecule has 0 heterocycles. The van der Waals surface area contributed by atoms with Crippen molar-refractivity contribution in [3.05, 3.63) is 202 Å². The summed E-state index contributed by atoms with van der Waals surface area (Å²) in [6.07, 6.45) is 2.05. The number of aryl methyl sites for hydroxylation is 2. The SMILES string of the molecule is Cc1cc(-c2ccc(C(CCc3ccc4c(c3)C(C)(C)c3ccccc3-4)c3ccc(-c4ccccc4)cc3)cc2)c2c(c1)C(C)(C)c1cc(C(C)(C)C)ccc1-2. The average Bonchev–Trinajstić information content (AvgIpc) is 3.57. The molecule has 0 saturated carbocycles. The molecular formula is C56H54. The lowest BCUT2D eigenvalue weighted by Gasteiger charge is -2.25. The number of hydrogen-bond donors (Lipinski definition) is 0. The lowest BCUT2D eigenvalue weighted by molar-refractivity contribution is 0.584. The molecule has 278 valence electrons. The zero-order valence-electron chi connectivity index (χ0n) is 34.4. The molecule has 0 fully saturated rings. The zero-order valence-corrected chi connectivity index (χ0v) is 34.4. The molecular weight excluding hydrogens is 673 g/mol. The van der Waals surface area contributed by atoms with Crippen molar-refractivity contribution >= 4 is 0 Å². The van der Waals surface area contributed by atoms with Crippen LogP contribution in [0, 0.1) is 6.92 Å². The minimum Gasteiger partial charge on any atom is -0.0622 e. The topological polar surface area (TPSA) is 0 Å². The molecule has 56 heavy (non-hydrogen) atoms. The zero-order chi connectivity index (χ0) is 39.0. The van der Waals surface area contributed by atoms with Crippen LogP contribution in [0.4, 0.5) is 0 Å². The first-order valence-electron chi connectivity index (χ1n) is 20.6. The summed E-state index contributed by atoms with van der Waals surface area (Å²) in [6, 6.07) is 57.9. The Kier molecular flexibility index (Phi) is 8.62. The molecule has 9 rings (SSSR count). The smallest absolute Gasteiger partial charge is 0.0159 e. The second-order valence-corrected chi connectivity index (χ2v) is 18.6. The van der Waals surface area contributed by atoms with E-state index < -0.39 is 0 Å². The van der Waals surface area contributed by atoms with Crippen LogP contribution in [0.2, 0.25) is 0 Å². The van der Waals surface area contributed by atoms with Gasteiger partial charge in [-0.25, -0.2) is 0 Å². The third kappa shape index (κ3) is 6.06. The van der Waals surface area contributed by atoms with Crippen molar-refractivity contribution in [2.45, 2.75) is 90.4 Å². The Balaban J connectivity index is 1.08. The Bertz CT molecular complexity index is 2590. The first kappa shape index (κ1) is 36.2. The summed E-state index contributed by atoms with van der Waals surface area (Å²) in [5, 5.41) is 0. The third-order valence-corrected chi connectivity index (χ3v) is 13.2. The van der Waals surface area contributed by atoms with Crippen molar-refractivity contribution in [3.63, 3.8) is 0 Å². The number of fused-ring (bicyclic) bond motifs is 6. The molecule has 7 aromatic carbocycles. The Morgan fingerprint density at radius 3 is 1.73 bits per heavy atom. The van der Waals surface area contributed by atoms with Gasteiger partial charge in [-0.3, -0.25) is 0 Å². The first-order chi connectivity index (χ1) is 26.8. The molecule has 0 heteroatoms. The van der Waals surface area contributed by atoms with E-state index in [-0.39, 0.29) is 22.2 Å². The highest BCUT2D eigenvalue weighted by Gasteiger charge is 2.38. The van der Waals surface area contributed by atoms with Crippen molar-refractivity contribution in [2.24, 2.45) is 0 Å². The lowest BCUT2D eigenvalue weighted by Crippen LogP contribution is -2.17. The van der Waals surface area contributed by atoms with Gasteiger partial charge in [0.25, 0.3) is 0 Å². The van der Waals surface area contributed by atoms with Crippen LogP contribution in [-0.2, 0) is 22.7 Å². The summed E-state index contributed by atoms with van der Waals surface area (Å²) in [6.45, 7) is 18.8. The van der Waals surface area contributed by atoms with Gasteiger partial charge in [0.2, 0.25) is 0 Å². The van der Waals surface area contributed by atoms with Gasteiger partial charge in [0.1, 0.15) is 0 Å². The van der Waals surface area contributed by atoms with Crippen molar-refractivity contribution in [2.75, 3.05) is 0 Å². The molecule has 0 aromatic heterocycles. The maximum Gasteiger partial charge on any atom is 0.0159 e. The van der Waals surface area contributed by atoms with Crippen LogP contribution in [-0.4, -0.2) is 0 Å². The predicted molar refractivity (Wildman–Crippen MR) is 239 cm³/mol. The summed E-state index contributed by atoms with van der Waals surface area (Å²) in [5.41, 5.74) is 23.4. The Morgan fingerprint density at radius 1 is 0.464 bits per heavy atom. The molecule has 0 bridgehead atoms. The average molecular weight is 727 g/mol. The molecule has 1 unspecified atom stereocenters. The highest BCUT2D eigenvalue weighted by molar-refractivity contribution is 5.93. The molecule has 0 spiro atoms. The fraction of sp³-hybridized carbons (Fsp3) is 0.250. The van der Waals surface area contributed by atoms with E-state index in [1.165, 1.54) is 94.6 Å². The lowest BCUT2D eigenvalue weighted by atomic mass is 9.78. The standard InChI is InChI=1S/C56H54/c1-36-32-48(53-47-31-28-43(54(2,3)4)35-51(47)56(7,8)52(53)33-36)42-26-24-41(25-27-42)44(40-22-20-39(21-23-40)38-14-10-9-11-15-38)29-18-37-19-30-46-45-16-12-13-17-49(45)55(5,6)50(46)34-37/h9-17,19-28,30-35,44H,18,29H2,1-8H3. The maximum atomic E-state index is 2.50. The van der Waals surface area contributed by atoms with Gasteiger partial charge in [-0.1, -0.05) is 206 Å². The summed E-state index contributed by atoms with van der Waals surface area (Å²) >= 11 is 0. The Morgan fingerprint density at radius 2 is 1.04 bits per heavy atom. The Hall–Kier alpha value is -5.46. The Labute approximate surface area is 335 Å². The van der Waals surface area contributed by atoms with E-state index in [1.54, 1.807) is 0 Å². The molecule has 0 saturated heterocycles. The van der Waals surface area contributed by atoms with Crippen molar-refractivity contribution in [1.29, 1.82) is 0 Å². The summed E-state index contributed by atoms with van der Waals surface area (Å²) < 4.78 is 0. The van der Waals surface area contributed by atoms with Gasteiger partial charge in [0.05, 0.1) is 0 Å². The number of hydrogen-bond acceptors (Lipinski definition) is 0. The van der Waals surface area contributed by atoms with Gasteiger partial charge in [0, 0.05) is 16.7 Å². The van der Waals surface area contributed by atoms with Gasteiger partial charge in [0.15, 0.2) is 0 Å². The van der Waals surface area contributed by atoms with Gasteiger partial charge in [-0.05, 0) is 114 Å². The molecule has 7 aromatic rings. The van der Waals surface area contributed by atoms with Crippen LogP contribution >= 0.6 is 0 Å². The van der Waals surface area contributed by atoms with Crippen LogP contribution in [0.5, 0.6) is 0 Å². The van der Waals surface area contributed by atoms with Crippen LogP contribution < -0.4 is 0 Å². The molecule has 0 amide bonds. The van der Waals surface area contributed by atoms with E-state index in [9.17, 15) is 0 Å². The molecule has 2 aliphatic carbocycles. The monoisotopic (exact) mass is 726 g/mol. The van der Waals surface area contributed by atoms with Crippen molar-refractivity contribution < 1.29 is 0 Å². The van der Waals surface area contributed by atoms with Gasteiger partial charge < -0.3 is 0 Å². The van der Waals surface area contributed by atoms with Crippen LogP contribution in [0.1, 0.15) is 111 Å². The third-order valence-electron chi connectivity index (χ3n) is 13.2. The van der Waals surface area contributed by atoms with Crippen molar-refractivity contribution in [3.8, 4) is 44.5 Å². The fourth-order valence-corrected chi connectivity index (χ4v) is 9.87. The quantitative estimate of drug-likeness (QED) is 0.153. The molecule has 0 radical (unpaired) electrons. The van der Waals surface area contributed by atoms with E-state index in [0.29, 0.717) is 0 Å². The maximum absolute atomic E-state index is 2.50. The van der Waals surface area contributed by atoms with Crippen LogP contribution in [0.3, 0.4) is 0 Å². The first-order valence-corrected chi connectivity index (χ1v) is 20.6. The number of benzene rings is 7. The van der Waals surface area contributed by atoms with E-state index in [4.69, 9.17) is 0 Å². The molecule has 1 atom stereocenters. The molecule has 0 N–H and O–H groups in total. The van der Waals surface area contributed by atoms with Gasteiger partial charge in [-0.2, -0.15) is 0 Å². The summed E-state index contributed by atoms with van der Waals surface area (Å²) in [4.78, 5) is 0. The van der Waals surface area contributed by atoms with E-state index in [0.717, 1.165) is 12.8 Å².